The van der Waals surface area contributed by atoms with Gasteiger partial charge >= 0.3 is 0 Å². The minimum Gasteiger partial charge on any atom is -0.467 e. The average Bonchev–Trinajstić information content (AvgIpc) is 2.98. The Balaban J connectivity index is 1.76. The van der Waals surface area contributed by atoms with Crippen molar-refractivity contribution in [1.29, 1.82) is 0 Å². The highest BCUT2D eigenvalue weighted by molar-refractivity contribution is 5.85. The van der Waals surface area contributed by atoms with Gasteiger partial charge in [-0.1, -0.05) is 18.2 Å². The van der Waals surface area contributed by atoms with Crippen molar-refractivity contribution in [3.8, 4) is 0 Å². The van der Waals surface area contributed by atoms with Crippen LogP contribution >= 0.6 is 0 Å². The smallest absolute Gasteiger partial charge is 0.229 e. The molecule has 0 fully saturated rings. The van der Waals surface area contributed by atoms with Gasteiger partial charge in [0.2, 0.25) is 5.91 Å². The Hall–Kier alpha value is -2.07. The molecule has 1 atom stereocenters. The SMILES string of the molecule is Cc1cccc2c1C(C(=O)NCc1ccco1)CNC2. The Morgan fingerprint density at radius 1 is 1.40 bits per heavy atom. The molecule has 2 aromatic rings. The number of aryl methyl sites for hydroxylation is 1. The fourth-order valence-corrected chi connectivity index (χ4v) is 2.78. The maximum absolute atomic E-state index is 12.4. The molecule has 104 valence electrons. The first-order valence-electron chi connectivity index (χ1n) is 6.85. The third kappa shape index (κ3) is 2.47. The first kappa shape index (κ1) is 12.9. The molecule has 0 aliphatic carbocycles. The third-order valence-corrected chi connectivity index (χ3v) is 3.76. The van der Waals surface area contributed by atoms with Crippen LogP contribution in [-0.4, -0.2) is 12.5 Å². The zero-order valence-corrected chi connectivity index (χ0v) is 11.5. The van der Waals surface area contributed by atoms with Crippen LogP contribution in [0.5, 0.6) is 0 Å². The Kier molecular flexibility index (Phi) is 3.56. The normalized spacial score (nSPS) is 17.6. The Bertz CT molecular complexity index is 605. The van der Waals surface area contributed by atoms with Gasteiger partial charge in [-0.25, -0.2) is 0 Å². The van der Waals surface area contributed by atoms with Crippen LogP contribution < -0.4 is 10.6 Å². The van der Waals surface area contributed by atoms with Crippen LogP contribution in [0, 0.1) is 6.92 Å². The highest BCUT2D eigenvalue weighted by Crippen LogP contribution is 2.27. The van der Waals surface area contributed by atoms with Crippen molar-refractivity contribution in [3.63, 3.8) is 0 Å². The van der Waals surface area contributed by atoms with E-state index in [-0.39, 0.29) is 11.8 Å². The molecule has 1 amide bonds. The number of carbonyl (C=O) groups is 1. The van der Waals surface area contributed by atoms with Crippen LogP contribution in [0.3, 0.4) is 0 Å². The largest absolute Gasteiger partial charge is 0.467 e. The highest BCUT2D eigenvalue weighted by atomic mass is 16.3. The van der Waals surface area contributed by atoms with Crippen LogP contribution in [0.4, 0.5) is 0 Å². The van der Waals surface area contributed by atoms with Crippen molar-refractivity contribution in [3.05, 3.63) is 59.0 Å². The molecule has 1 aromatic heterocycles. The lowest BCUT2D eigenvalue weighted by Crippen LogP contribution is -2.39. The van der Waals surface area contributed by atoms with Gasteiger partial charge in [0.15, 0.2) is 0 Å². The molecule has 1 aliphatic rings. The summed E-state index contributed by atoms with van der Waals surface area (Å²) < 4.78 is 5.23. The fourth-order valence-electron chi connectivity index (χ4n) is 2.78. The van der Waals surface area contributed by atoms with Crippen LogP contribution in [0.2, 0.25) is 0 Å². The van der Waals surface area contributed by atoms with Crippen molar-refractivity contribution in [2.75, 3.05) is 6.54 Å². The maximum Gasteiger partial charge on any atom is 0.229 e. The lowest BCUT2D eigenvalue weighted by molar-refractivity contribution is -0.122. The molecule has 0 bridgehead atoms. The first-order chi connectivity index (χ1) is 9.75. The van der Waals surface area contributed by atoms with Crippen molar-refractivity contribution in [2.45, 2.75) is 25.9 Å². The quantitative estimate of drug-likeness (QED) is 0.898. The number of carbonyl (C=O) groups excluding carboxylic acids is 1. The number of hydrogen-bond donors (Lipinski definition) is 2. The maximum atomic E-state index is 12.4. The van der Waals surface area contributed by atoms with Crippen LogP contribution in [0.1, 0.15) is 28.4 Å². The van der Waals surface area contributed by atoms with E-state index >= 15 is 0 Å². The first-order valence-corrected chi connectivity index (χ1v) is 6.85. The molecule has 2 heterocycles. The molecule has 4 nitrogen and oxygen atoms in total. The number of rotatable bonds is 3. The standard InChI is InChI=1S/C16H18N2O2/c1-11-4-2-5-12-8-17-10-14(15(11)12)16(19)18-9-13-6-3-7-20-13/h2-7,14,17H,8-10H2,1H3,(H,18,19). The number of furan rings is 1. The van der Waals surface area contributed by atoms with Gasteiger partial charge in [0.1, 0.15) is 5.76 Å². The predicted octanol–water partition coefficient (Wildman–Crippen LogP) is 2.09. The van der Waals surface area contributed by atoms with Gasteiger partial charge in [0.05, 0.1) is 18.7 Å². The Labute approximate surface area is 118 Å². The van der Waals surface area contributed by atoms with E-state index in [0.717, 1.165) is 12.3 Å². The van der Waals surface area contributed by atoms with Gasteiger partial charge < -0.3 is 15.1 Å². The zero-order valence-electron chi connectivity index (χ0n) is 11.5. The number of nitrogens with one attached hydrogen (secondary N) is 2. The van der Waals surface area contributed by atoms with Crippen LogP contribution in [0.15, 0.2) is 41.0 Å². The summed E-state index contributed by atoms with van der Waals surface area (Å²) in [5.74, 6) is 0.686. The lowest BCUT2D eigenvalue weighted by atomic mass is 9.87. The van der Waals surface area contributed by atoms with E-state index in [4.69, 9.17) is 4.42 Å². The molecule has 2 N–H and O–H groups in total. The van der Waals surface area contributed by atoms with Crippen LogP contribution in [-0.2, 0) is 17.9 Å². The van der Waals surface area contributed by atoms with Crippen molar-refractivity contribution >= 4 is 5.91 Å². The van der Waals surface area contributed by atoms with E-state index < -0.39 is 0 Å². The second-order valence-electron chi connectivity index (χ2n) is 5.13. The molecule has 0 radical (unpaired) electrons. The molecule has 0 saturated carbocycles. The molecular formula is C16H18N2O2. The number of hydrogen-bond acceptors (Lipinski definition) is 3. The summed E-state index contributed by atoms with van der Waals surface area (Å²) in [4.78, 5) is 12.4. The highest BCUT2D eigenvalue weighted by Gasteiger charge is 2.27. The molecule has 20 heavy (non-hydrogen) atoms. The van der Waals surface area contributed by atoms with E-state index in [1.807, 2.05) is 18.2 Å². The van der Waals surface area contributed by atoms with Crippen LogP contribution in [0.25, 0.3) is 0 Å². The summed E-state index contributed by atoms with van der Waals surface area (Å²) in [6.07, 6.45) is 1.61. The minimum absolute atomic E-state index is 0.0455. The molecule has 0 spiro atoms. The Morgan fingerprint density at radius 3 is 3.10 bits per heavy atom. The molecular weight excluding hydrogens is 252 g/mol. The van der Waals surface area contributed by atoms with E-state index in [2.05, 4.69) is 29.7 Å². The predicted molar refractivity (Wildman–Crippen MR) is 76.2 cm³/mol. The molecule has 0 saturated heterocycles. The topological polar surface area (TPSA) is 54.3 Å². The van der Waals surface area contributed by atoms with E-state index in [0.29, 0.717) is 13.1 Å². The van der Waals surface area contributed by atoms with Gasteiger partial charge in [-0.05, 0) is 35.7 Å². The van der Waals surface area contributed by atoms with Gasteiger partial charge in [-0.3, -0.25) is 4.79 Å². The van der Waals surface area contributed by atoms with Gasteiger partial charge in [0.25, 0.3) is 0 Å². The second-order valence-corrected chi connectivity index (χ2v) is 5.13. The Morgan fingerprint density at radius 2 is 2.30 bits per heavy atom. The zero-order chi connectivity index (χ0) is 13.9. The molecule has 4 heteroatoms. The number of benzene rings is 1. The summed E-state index contributed by atoms with van der Waals surface area (Å²) >= 11 is 0. The van der Waals surface area contributed by atoms with Gasteiger partial charge in [0, 0.05) is 13.1 Å². The van der Waals surface area contributed by atoms with Crippen molar-refractivity contribution < 1.29 is 9.21 Å². The van der Waals surface area contributed by atoms with Gasteiger partial charge in [-0.2, -0.15) is 0 Å². The van der Waals surface area contributed by atoms with E-state index in [1.165, 1.54) is 16.7 Å². The monoisotopic (exact) mass is 270 g/mol. The number of amides is 1. The average molecular weight is 270 g/mol. The molecule has 1 aliphatic heterocycles. The lowest BCUT2D eigenvalue weighted by Gasteiger charge is -2.27. The van der Waals surface area contributed by atoms with E-state index in [9.17, 15) is 4.79 Å². The summed E-state index contributed by atoms with van der Waals surface area (Å²) in [6.45, 7) is 4.02. The summed E-state index contributed by atoms with van der Waals surface area (Å²) in [6, 6.07) is 9.87. The van der Waals surface area contributed by atoms with E-state index in [1.54, 1.807) is 6.26 Å². The minimum atomic E-state index is -0.130. The fraction of sp³-hybridized carbons (Fsp3) is 0.312. The summed E-state index contributed by atoms with van der Waals surface area (Å²) in [7, 11) is 0. The van der Waals surface area contributed by atoms with Crippen molar-refractivity contribution in [2.24, 2.45) is 0 Å². The molecule has 1 unspecified atom stereocenters. The van der Waals surface area contributed by atoms with Crippen molar-refractivity contribution in [1.82, 2.24) is 10.6 Å². The van der Waals surface area contributed by atoms with Gasteiger partial charge in [-0.15, -0.1) is 0 Å². The molecule has 1 aromatic carbocycles. The third-order valence-electron chi connectivity index (χ3n) is 3.76. The second kappa shape index (κ2) is 5.51. The molecule has 3 rings (SSSR count). The number of fused-ring (bicyclic) bond motifs is 1. The summed E-state index contributed by atoms with van der Waals surface area (Å²) in [5, 5.41) is 6.26. The summed E-state index contributed by atoms with van der Waals surface area (Å²) in [5.41, 5.74) is 3.57.